The second-order valence-electron chi connectivity index (χ2n) is 4.73. The molecule has 4 N–H and O–H groups in total. The van der Waals surface area contributed by atoms with E-state index < -0.39 is 5.60 Å². The molecule has 0 saturated heterocycles. The van der Waals surface area contributed by atoms with E-state index >= 15 is 0 Å². The van der Waals surface area contributed by atoms with Crippen LogP contribution >= 0.6 is 0 Å². The van der Waals surface area contributed by atoms with Gasteiger partial charge in [0.1, 0.15) is 0 Å². The van der Waals surface area contributed by atoms with Crippen LogP contribution in [0.3, 0.4) is 0 Å². The summed E-state index contributed by atoms with van der Waals surface area (Å²) in [5.74, 6) is 0. The van der Waals surface area contributed by atoms with Crippen LogP contribution in [0.1, 0.15) is 32.1 Å². The number of hydrogen-bond donors (Lipinski definition) is 3. The second-order valence-corrected chi connectivity index (χ2v) is 4.73. The Morgan fingerprint density at radius 2 is 1.88 bits per heavy atom. The molecular weight excluding hydrogens is 200 g/mol. The van der Waals surface area contributed by atoms with Crippen molar-refractivity contribution in [1.29, 1.82) is 0 Å². The van der Waals surface area contributed by atoms with Gasteiger partial charge in [-0.1, -0.05) is 31.4 Å². The summed E-state index contributed by atoms with van der Waals surface area (Å²) >= 11 is 0. The highest BCUT2D eigenvalue weighted by Gasteiger charge is 2.28. The van der Waals surface area contributed by atoms with Crippen LogP contribution in [0.4, 0.5) is 11.4 Å². The Morgan fingerprint density at radius 3 is 2.56 bits per heavy atom. The first-order valence-corrected chi connectivity index (χ1v) is 6.00. The number of aliphatic hydroxyl groups is 1. The molecule has 0 aromatic heterocycles. The molecular formula is C13H20N2O. The van der Waals surface area contributed by atoms with Gasteiger partial charge in [-0.2, -0.15) is 0 Å². The maximum Gasteiger partial charge on any atom is 0.0819 e. The lowest BCUT2D eigenvalue weighted by Crippen LogP contribution is -2.38. The van der Waals surface area contributed by atoms with Gasteiger partial charge in [0.25, 0.3) is 0 Å². The fraction of sp³-hybridized carbons (Fsp3) is 0.538. The number of nitrogens with two attached hydrogens (primary N) is 1. The standard InChI is InChI=1S/C13H20N2O/c14-11-6-2-3-7-12(11)15-10-13(16)8-4-1-5-9-13/h2-3,6-7,15-16H,1,4-5,8-10,14H2. The predicted molar refractivity (Wildman–Crippen MR) is 67.4 cm³/mol. The summed E-state index contributed by atoms with van der Waals surface area (Å²) < 4.78 is 0. The molecule has 1 fully saturated rings. The summed E-state index contributed by atoms with van der Waals surface area (Å²) in [5, 5.41) is 13.6. The smallest absolute Gasteiger partial charge is 0.0819 e. The van der Waals surface area contributed by atoms with Crippen molar-refractivity contribution in [1.82, 2.24) is 0 Å². The van der Waals surface area contributed by atoms with E-state index in [0.29, 0.717) is 6.54 Å². The summed E-state index contributed by atoms with van der Waals surface area (Å²) in [6, 6.07) is 7.67. The molecule has 1 aliphatic rings. The van der Waals surface area contributed by atoms with E-state index in [2.05, 4.69) is 5.32 Å². The van der Waals surface area contributed by atoms with Gasteiger partial charge in [-0.15, -0.1) is 0 Å². The lowest BCUT2D eigenvalue weighted by atomic mass is 9.85. The molecule has 1 aromatic carbocycles. The van der Waals surface area contributed by atoms with Crippen molar-refractivity contribution in [2.24, 2.45) is 0 Å². The minimum Gasteiger partial charge on any atom is -0.397 e. The van der Waals surface area contributed by atoms with Crippen molar-refractivity contribution in [3.8, 4) is 0 Å². The topological polar surface area (TPSA) is 58.3 Å². The molecule has 0 amide bonds. The number of anilines is 2. The molecule has 1 saturated carbocycles. The highest BCUT2D eigenvalue weighted by atomic mass is 16.3. The van der Waals surface area contributed by atoms with Crippen molar-refractivity contribution in [3.05, 3.63) is 24.3 Å². The lowest BCUT2D eigenvalue weighted by molar-refractivity contribution is 0.0167. The van der Waals surface area contributed by atoms with E-state index in [4.69, 9.17) is 5.73 Å². The Balaban J connectivity index is 1.94. The fourth-order valence-corrected chi connectivity index (χ4v) is 2.30. The van der Waals surface area contributed by atoms with Crippen molar-refractivity contribution < 1.29 is 5.11 Å². The first-order chi connectivity index (χ1) is 7.70. The van der Waals surface area contributed by atoms with Crippen LogP contribution in [-0.4, -0.2) is 17.3 Å². The molecule has 0 spiro atoms. The van der Waals surface area contributed by atoms with Crippen LogP contribution in [0.5, 0.6) is 0 Å². The highest BCUT2D eigenvalue weighted by Crippen LogP contribution is 2.29. The predicted octanol–water partition coefficient (Wildman–Crippen LogP) is 2.38. The van der Waals surface area contributed by atoms with Gasteiger partial charge in [0.2, 0.25) is 0 Å². The number of nitrogens with one attached hydrogen (secondary N) is 1. The molecule has 1 aromatic rings. The number of benzene rings is 1. The molecule has 1 aliphatic carbocycles. The third-order valence-electron chi connectivity index (χ3n) is 3.35. The first-order valence-electron chi connectivity index (χ1n) is 6.00. The number of hydrogen-bond acceptors (Lipinski definition) is 3. The van der Waals surface area contributed by atoms with Gasteiger partial charge in [0.05, 0.1) is 17.0 Å². The Bertz CT molecular complexity index is 346. The summed E-state index contributed by atoms with van der Waals surface area (Å²) in [7, 11) is 0. The van der Waals surface area contributed by atoms with Gasteiger partial charge < -0.3 is 16.2 Å². The molecule has 0 bridgehead atoms. The molecule has 0 atom stereocenters. The van der Waals surface area contributed by atoms with Crippen molar-refractivity contribution in [3.63, 3.8) is 0 Å². The van der Waals surface area contributed by atoms with E-state index in [-0.39, 0.29) is 0 Å². The molecule has 0 aliphatic heterocycles. The summed E-state index contributed by atoms with van der Waals surface area (Å²) in [6.45, 7) is 0.598. The van der Waals surface area contributed by atoms with E-state index in [1.807, 2.05) is 24.3 Å². The van der Waals surface area contributed by atoms with E-state index in [0.717, 1.165) is 37.1 Å². The van der Waals surface area contributed by atoms with Gasteiger partial charge in [0.15, 0.2) is 0 Å². The van der Waals surface area contributed by atoms with Gasteiger partial charge in [-0.3, -0.25) is 0 Å². The maximum atomic E-state index is 10.3. The van der Waals surface area contributed by atoms with Crippen LogP contribution < -0.4 is 11.1 Å². The number of para-hydroxylation sites is 2. The van der Waals surface area contributed by atoms with Crippen LogP contribution in [0.15, 0.2) is 24.3 Å². The quantitative estimate of drug-likeness (QED) is 0.685. The Hall–Kier alpha value is -1.22. The van der Waals surface area contributed by atoms with Crippen molar-refractivity contribution in [2.45, 2.75) is 37.7 Å². The molecule has 88 valence electrons. The van der Waals surface area contributed by atoms with Gasteiger partial charge in [0, 0.05) is 6.54 Å². The first kappa shape index (κ1) is 11.3. The molecule has 3 heteroatoms. The van der Waals surface area contributed by atoms with E-state index in [1.165, 1.54) is 6.42 Å². The van der Waals surface area contributed by atoms with Gasteiger partial charge in [-0.25, -0.2) is 0 Å². The minimum absolute atomic E-state index is 0.541. The summed E-state index contributed by atoms with van der Waals surface area (Å²) in [6.07, 6.45) is 5.29. The van der Waals surface area contributed by atoms with Crippen LogP contribution in [0, 0.1) is 0 Å². The zero-order valence-corrected chi connectivity index (χ0v) is 9.58. The summed E-state index contributed by atoms with van der Waals surface area (Å²) in [4.78, 5) is 0. The molecule has 3 nitrogen and oxygen atoms in total. The van der Waals surface area contributed by atoms with Gasteiger partial charge in [-0.05, 0) is 25.0 Å². The second kappa shape index (κ2) is 4.74. The molecule has 0 unspecified atom stereocenters. The Labute approximate surface area is 96.7 Å². The van der Waals surface area contributed by atoms with E-state index in [9.17, 15) is 5.11 Å². The monoisotopic (exact) mass is 220 g/mol. The fourth-order valence-electron chi connectivity index (χ4n) is 2.30. The Morgan fingerprint density at radius 1 is 1.19 bits per heavy atom. The third kappa shape index (κ3) is 2.67. The number of rotatable bonds is 3. The maximum absolute atomic E-state index is 10.3. The largest absolute Gasteiger partial charge is 0.397 e. The lowest BCUT2D eigenvalue weighted by Gasteiger charge is -2.32. The Kier molecular flexibility index (Phi) is 3.34. The molecule has 0 heterocycles. The molecule has 16 heavy (non-hydrogen) atoms. The van der Waals surface area contributed by atoms with Crippen LogP contribution in [-0.2, 0) is 0 Å². The highest BCUT2D eigenvalue weighted by molar-refractivity contribution is 5.65. The van der Waals surface area contributed by atoms with Crippen molar-refractivity contribution in [2.75, 3.05) is 17.6 Å². The zero-order chi connectivity index (χ0) is 11.4. The molecule has 2 rings (SSSR count). The van der Waals surface area contributed by atoms with Crippen molar-refractivity contribution >= 4 is 11.4 Å². The normalized spacial score (nSPS) is 19.3. The summed E-state index contributed by atoms with van der Waals surface area (Å²) in [5.41, 5.74) is 6.95. The van der Waals surface area contributed by atoms with E-state index in [1.54, 1.807) is 0 Å². The average molecular weight is 220 g/mol. The van der Waals surface area contributed by atoms with Crippen LogP contribution in [0.2, 0.25) is 0 Å². The van der Waals surface area contributed by atoms with Gasteiger partial charge >= 0.3 is 0 Å². The third-order valence-corrected chi connectivity index (χ3v) is 3.35. The van der Waals surface area contributed by atoms with Crippen LogP contribution in [0.25, 0.3) is 0 Å². The SMILES string of the molecule is Nc1ccccc1NCC1(O)CCCCC1. The zero-order valence-electron chi connectivity index (χ0n) is 9.58. The average Bonchev–Trinajstić information content (AvgIpc) is 2.29. The minimum atomic E-state index is -0.541. The molecule has 0 radical (unpaired) electrons. The number of nitrogen functional groups attached to an aromatic ring is 1.